The maximum Gasteiger partial charge on any atom is 0.237 e. The van der Waals surface area contributed by atoms with Gasteiger partial charge in [0.05, 0.1) is 6.04 Å². The number of nitrogens with one attached hydrogen (secondary N) is 2. The van der Waals surface area contributed by atoms with Crippen LogP contribution in [0.5, 0.6) is 0 Å². The van der Waals surface area contributed by atoms with Gasteiger partial charge in [-0.25, -0.2) is 0 Å². The number of nitrogens with zero attached hydrogens (tertiary/aromatic N) is 1. The molecule has 4 heteroatoms. The average molecular weight is 253 g/mol. The monoisotopic (exact) mass is 253 g/mol. The first-order chi connectivity index (χ1) is 8.58. The highest BCUT2D eigenvalue weighted by Crippen LogP contribution is 2.18. The van der Waals surface area contributed by atoms with E-state index < -0.39 is 0 Å². The van der Waals surface area contributed by atoms with E-state index in [0.717, 1.165) is 25.9 Å². The minimum Gasteiger partial charge on any atom is -0.352 e. The van der Waals surface area contributed by atoms with Crippen molar-refractivity contribution in [2.45, 2.75) is 70.6 Å². The summed E-state index contributed by atoms with van der Waals surface area (Å²) >= 11 is 0. The van der Waals surface area contributed by atoms with E-state index in [4.69, 9.17) is 0 Å². The second kappa shape index (κ2) is 6.02. The fraction of sp³-hybridized carbons (Fsp3) is 0.929. The Balaban J connectivity index is 1.88. The molecule has 2 N–H and O–H groups in total. The summed E-state index contributed by atoms with van der Waals surface area (Å²) in [4.78, 5) is 14.6. The standard InChI is InChI=1S/C14H27N3O/c1-10-9-17(11(2)8-15-10)12(3)14(18)16-13-6-4-5-7-13/h10-13,15H,4-9H2,1-3H3,(H,16,18). The first-order valence-corrected chi connectivity index (χ1v) is 7.37. The highest BCUT2D eigenvalue weighted by atomic mass is 16.2. The average Bonchev–Trinajstić information content (AvgIpc) is 2.84. The molecule has 18 heavy (non-hydrogen) atoms. The van der Waals surface area contributed by atoms with Gasteiger partial charge in [-0.15, -0.1) is 0 Å². The molecular weight excluding hydrogens is 226 g/mol. The van der Waals surface area contributed by atoms with E-state index >= 15 is 0 Å². The van der Waals surface area contributed by atoms with Gasteiger partial charge in [0.25, 0.3) is 0 Å². The summed E-state index contributed by atoms with van der Waals surface area (Å²) in [5, 5.41) is 6.67. The van der Waals surface area contributed by atoms with Gasteiger partial charge < -0.3 is 10.6 Å². The molecule has 2 fully saturated rings. The summed E-state index contributed by atoms with van der Waals surface area (Å²) in [7, 11) is 0. The lowest BCUT2D eigenvalue weighted by atomic mass is 10.1. The van der Waals surface area contributed by atoms with Crippen LogP contribution in [0.25, 0.3) is 0 Å². The Morgan fingerprint density at radius 2 is 2.00 bits per heavy atom. The van der Waals surface area contributed by atoms with Crippen molar-refractivity contribution >= 4 is 5.91 Å². The lowest BCUT2D eigenvalue weighted by Gasteiger charge is -2.40. The van der Waals surface area contributed by atoms with Crippen molar-refractivity contribution in [3.63, 3.8) is 0 Å². The zero-order chi connectivity index (χ0) is 13.1. The molecular formula is C14H27N3O. The Kier molecular flexibility index (Phi) is 4.62. The van der Waals surface area contributed by atoms with Crippen molar-refractivity contribution in [1.82, 2.24) is 15.5 Å². The summed E-state index contributed by atoms with van der Waals surface area (Å²) in [6.45, 7) is 8.35. The van der Waals surface area contributed by atoms with Crippen LogP contribution >= 0.6 is 0 Å². The van der Waals surface area contributed by atoms with Gasteiger partial charge in [-0.3, -0.25) is 9.69 Å². The molecule has 1 aliphatic carbocycles. The fourth-order valence-corrected chi connectivity index (χ4v) is 3.13. The molecule has 3 atom stereocenters. The molecule has 2 aliphatic rings. The summed E-state index contributed by atoms with van der Waals surface area (Å²) in [5.74, 6) is 0.211. The molecule has 0 bridgehead atoms. The van der Waals surface area contributed by atoms with Crippen molar-refractivity contribution in [3.8, 4) is 0 Å². The molecule has 1 aliphatic heterocycles. The molecule has 1 amide bonds. The van der Waals surface area contributed by atoms with Crippen molar-refractivity contribution in [3.05, 3.63) is 0 Å². The van der Waals surface area contributed by atoms with Crippen LogP contribution in [0.4, 0.5) is 0 Å². The number of hydrogen-bond acceptors (Lipinski definition) is 3. The van der Waals surface area contributed by atoms with Gasteiger partial charge in [0.15, 0.2) is 0 Å². The van der Waals surface area contributed by atoms with Gasteiger partial charge in [-0.1, -0.05) is 12.8 Å². The van der Waals surface area contributed by atoms with Crippen LogP contribution in [-0.2, 0) is 4.79 Å². The van der Waals surface area contributed by atoms with Crippen LogP contribution < -0.4 is 10.6 Å². The molecule has 104 valence electrons. The first kappa shape index (κ1) is 13.8. The summed E-state index contributed by atoms with van der Waals surface area (Å²) in [6.07, 6.45) is 4.85. The predicted molar refractivity (Wildman–Crippen MR) is 73.5 cm³/mol. The van der Waals surface area contributed by atoms with Crippen LogP contribution in [-0.4, -0.2) is 48.1 Å². The van der Waals surface area contributed by atoms with Gasteiger partial charge in [0.1, 0.15) is 0 Å². The second-order valence-electron chi connectivity index (χ2n) is 6.02. The van der Waals surface area contributed by atoms with E-state index in [1.807, 2.05) is 6.92 Å². The maximum atomic E-state index is 12.3. The van der Waals surface area contributed by atoms with E-state index in [2.05, 4.69) is 29.4 Å². The van der Waals surface area contributed by atoms with E-state index in [9.17, 15) is 4.79 Å². The van der Waals surface area contributed by atoms with Crippen LogP contribution in [0.3, 0.4) is 0 Å². The van der Waals surface area contributed by atoms with Crippen LogP contribution in [0.1, 0.15) is 46.5 Å². The minimum atomic E-state index is -0.00912. The van der Waals surface area contributed by atoms with Crippen molar-refractivity contribution < 1.29 is 4.79 Å². The Bertz CT molecular complexity index is 289. The summed E-state index contributed by atoms with van der Waals surface area (Å²) in [5.41, 5.74) is 0. The maximum absolute atomic E-state index is 12.3. The van der Waals surface area contributed by atoms with Crippen LogP contribution in [0, 0.1) is 0 Å². The third-order valence-electron chi connectivity index (χ3n) is 4.39. The molecule has 1 saturated heterocycles. The Morgan fingerprint density at radius 1 is 1.33 bits per heavy atom. The number of hydrogen-bond donors (Lipinski definition) is 2. The molecule has 1 saturated carbocycles. The largest absolute Gasteiger partial charge is 0.352 e. The number of piperazine rings is 1. The van der Waals surface area contributed by atoms with Gasteiger partial charge in [0, 0.05) is 31.2 Å². The third kappa shape index (κ3) is 3.23. The zero-order valence-electron chi connectivity index (χ0n) is 11.9. The van der Waals surface area contributed by atoms with Gasteiger partial charge in [-0.2, -0.15) is 0 Å². The topological polar surface area (TPSA) is 44.4 Å². The molecule has 4 nitrogen and oxygen atoms in total. The van der Waals surface area contributed by atoms with Crippen molar-refractivity contribution in [1.29, 1.82) is 0 Å². The molecule has 2 rings (SSSR count). The molecule has 0 aromatic heterocycles. The van der Waals surface area contributed by atoms with Gasteiger partial charge in [0.2, 0.25) is 5.91 Å². The minimum absolute atomic E-state index is 0.00912. The Hall–Kier alpha value is -0.610. The van der Waals surface area contributed by atoms with Crippen LogP contribution in [0.2, 0.25) is 0 Å². The number of amides is 1. The summed E-state index contributed by atoms with van der Waals surface area (Å²) in [6, 6.07) is 1.33. The second-order valence-corrected chi connectivity index (χ2v) is 6.02. The molecule has 0 spiro atoms. The number of carbonyl (C=O) groups is 1. The van der Waals surface area contributed by atoms with E-state index in [-0.39, 0.29) is 11.9 Å². The quantitative estimate of drug-likeness (QED) is 0.792. The Labute approximate surface area is 110 Å². The predicted octanol–water partition coefficient (Wildman–Crippen LogP) is 1.12. The van der Waals surface area contributed by atoms with Gasteiger partial charge >= 0.3 is 0 Å². The molecule has 0 aromatic carbocycles. The summed E-state index contributed by atoms with van der Waals surface area (Å²) < 4.78 is 0. The molecule has 3 unspecified atom stereocenters. The SMILES string of the molecule is CC1CN(C(C)C(=O)NC2CCCC2)C(C)CN1. The smallest absolute Gasteiger partial charge is 0.237 e. The van der Waals surface area contributed by atoms with Crippen molar-refractivity contribution in [2.24, 2.45) is 0 Å². The van der Waals surface area contributed by atoms with Crippen molar-refractivity contribution in [2.75, 3.05) is 13.1 Å². The number of rotatable bonds is 3. The zero-order valence-corrected chi connectivity index (χ0v) is 11.9. The third-order valence-corrected chi connectivity index (χ3v) is 4.39. The Morgan fingerprint density at radius 3 is 2.67 bits per heavy atom. The molecule has 0 aromatic rings. The highest BCUT2D eigenvalue weighted by Gasteiger charge is 2.31. The van der Waals surface area contributed by atoms with E-state index in [1.165, 1.54) is 12.8 Å². The van der Waals surface area contributed by atoms with Gasteiger partial charge in [-0.05, 0) is 33.6 Å². The highest BCUT2D eigenvalue weighted by molar-refractivity contribution is 5.81. The number of carbonyl (C=O) groups excluding carboxylic acids is 1. The lowest BCUT2D eigenvalue weighted by Crippen LogP contribution is -2.60. The molecule has 0 radical (unpaired) electrons. The first-order valence-electron chi connectivity index (χ1n) is 7.37. The molecule has 1 heterocycles. The lowest BCUT2D eigenvalue weighted by molar-refractivity contribution is -0.128. The fourth-order valence-electron chi connectivity index (χ4n) is 3.13. The van der Waals surface area contributed by atoms with Crippen LogP contribution in [0.15, 0.2) is 0 Å². The normalized spacial score (nSPS) is 32.4. The van der Waals surface area contributed by atoms with E-state index in [1.54, 1.807) is 0 Å². The van der Waals surface area contributed by atoms with E-state index in [0.29, 0.717) is 18.1 Å².